The second-order valence-corrected chi connectivity index (χ2v) is 8.49. The topological polar surface area (TPSA) is 92.8 Å². The van der Waals surface area contributed by atoms with Crippen LogP contribution in [0.15, 0.2) is 60.7 Å². The van der Waals surface area contributed by atoms with Crippen LogP contribution in [-0.4, -0.2) is 41.2 Å². The number of halogens is 1. The van der Waals surface area contributed by atoms with E-state index in [1.54, 1.807) is 43.3 Å². The molecule has 2 unspecified atom stereocenters. The SMILES string of the molecule is CC(OC(=O)CCCN1C(=O)c2cccc3cccc(c23)C1=O)C(=O)NC(C)c1ccc(F)cc1. The molecule has 3 amide bonds. The molecule has 0 spiro atoms. The Morgan fingerprint density at radius 1 is 0.943 bits per heavy atom. The van der Waals surface area contributed by atoms with Crippen molar-refractivity contribution < 1.29 is 28.3 Å². The lowest BCUT2D eigenvalue weighted by atomic mass is 9.94. The molecular weight excluding hydrogens is 451 g/mol. The van der Waals surface area contributed by atoms with Crippen molar-refractivity contribution in [2.45, 2.75) is 38.8 Å². The monoisotopic (exact) mass is 476 g/mol. The van der Waals surface area contributed by atoms with E-state index in [0.717, 1.165) is 10.3 Å². The fourth-order valence-corrected chi connectivity index (χ4v) is 4.14. The van der Waals surface area contributed by atoms with E-state index >= 15 is 0 Å². The molecule has 1 heterocycles. The van der Waals surface area contributed by atoms with E-state index < -0.39 is 35.8 Å². The van der Waals surface area contributed by atoms with E-state index in [2.05, 4.69) is 5.32 Å². The van der Waals surface area contributed by atoms with Crippen molar-refractivity contribution >= 4 is 34.5 Å². The summed E-state index contributed by atoms with van der Waals surface area (Å²) in [6.45, 7) is 3.25. The van der Waals surface area contributed by atoms with Crippen molar-refractivity contribution in [1.82, 2.24) is 10.2 Å². The summed E-state index contributed by atoms with van der Waals surface area (Å²) in [7, 11) is 0. The van der Waals surface area contributed by atoms with Crippen LogP contribution in [0.25, 0.3) is 10.8 Å². The van der Waals surface area contributed by atoms with Gasteiger partial charge in [-0.1, -0.05) is 36.4 Å². The van der Waals surface area contributed by atoms with Crippen molar-refractivity contribution in [3.8, 4) is 0 Å². The molecular formula is C27H25FN2O5. The van der Waals surface area contributed by atoms with Crippen molar-refractivity contribution in [1.29, 1.82) is 0 Å². The number of esters is 1. The number of hydrogen-bond donors (Lipinski definition) is 1. The Labute approximate surface area is 201 Å². The van der Waals surface area contributed by atoms with Gasteiger partial charge in [0.25, 0.3) is 17.7 Å². The molecule has 0 bridgehead atoms. The maximum atomic E-state index is 13.1. The molecule has 0 fully saturated rings. The number of benzene rings is 3. The third-order valence-corrected chi connectivity index (χ3v) is 6.02. The van der Waals surface area contributed by atoms with Gasteiger partial charge in [0.2, 0.25) is 0 Å². The summed E-state index contributed by atoms with van der Waals surface area (Å²) in [6, 6.07) is 16.0. The smallest absolute Gasteiger partial charge is 0.306 e. The van der Waals surface area contributed by atoms with Gasteiger partial charge in [-0.3, -0.25) is 24.1 Å². The van der Waals surface area contributed by atoms with Crippen molar-refractivity contribution in [3.63, 3.8) is 0 Å². The van der Waals surface area contributed by atoms with E-state index in [4.69, 9.17) is 4.74 Å². The Morgan fingerprint density at radius 2 is 1.54 bits per heavy atom. The van der Waals surface area contributed by atoms with Crippen LogP contribution in [0, 0.1) is 5.82 Å². The Kier molecular flexibility index (Phi) is 6.91. The van der Waals surface area contributed by atoms with Crippen molar-refractivity contribution in [2.75, 3.05) is 6.54 Å². The molecule has 180 valence electrons. The summed E-state index contributed by atoms with van der Waals surface area (Å²) >= 11 is 0. The highest BCUT2D eigenvalue weighted by Gasteiger charge is 2.32. The van der Waals surface area contributed by atoms with Crippen LogP contribution in [0.5, 0.6) is 0 Å². The van der Waals surface area contributed by atoms with Crippen LogP contribution >= 0.6 is 0 Å². The van der Waals surface area contributed by atoms with Gasteiger partial charge in [-0.15, -0.1) is 0 Å². The standard InChI is InChI=1S/C27H25FN2O5/c1-16(18-11-13-20(28)14-12-18)29-25(32)17(2)35-23(31)10-5-15-30-26(33)21-8-3-6-19-7-4-9-22(24(19)21)27(30)34/h3-4,6-9,11-14,16-17H,5,10,15H2,1-2H3,(H,29,32). The Hall–Kier alpha value is -4.07. The minimum absolute atomic E-state index is 0.0552. The summed E-state index contributed by atoms with van der Waals surface area (Å²) in [4.78, 5) is 51.6. The largest absolute Gasteiger partial charge is 0.453 e. The van der Waals surface area contributed by atoms with Gasteiger partial charge in [0.05, 0.1) is 6.04 Å². The molecule has 0 saturated heterocycles. The van der Waals surface area contributed by atoms with Gasteiger partial charge in [0, 0.05) is 29.5 Å². The van der Waals surface area contributed by atoms with E-state index in [1.807, 2.05) is 12.1 Å². The molecule has 0 radical (unpaired) electrons. The maximum absolute atomic E-state index is 13.1. The molecule has 0 aliphatic carbocycles. The average molecular weight is 477 g/mol. The van der Waals surface area contributed by atoms with Gasteiger partial charge < -0.3 is 10.1 Å². The minimum Gasteiger partial charge on any atom is -0.453 e. The fourth-order valence-electron chi connectivity index (χ4n) is 4.14. The highest BCUT2D eigenvalue weighted by atomic mass is 19.1. The first-order valence-corrected chi connectivity index (χ1v) is 11.4. The third-order valence-electron chi connectivity index (χ3n) is 6.02. The van der Waals surface area contributed by atoms with Gasteiger partial charge in [-0.25, -0.2) is 4.39 Å². The summed E-state index contributed by atoms with van der Waals surface area (Å²) in [5.74, 6) is -2.25. The lowest BCUT2D eigenvalue weighted by Crippen LogP contribution is -2.41. The highest BCUT2D eigenvalue weighted by Crippen LogP contribution is 2.30. The number of carbonyl (C=O) groups is 4. The number of imide groups is 1. The Balaban J connectivity index is 1.29. The summed E-state index contributed by atoms with van der Waals surface area (Å²) in [5.41, 5.74) is 1.63. The zero-order valence-corrected chi connectivity index (χ0v) is 19.4. The molecule has 0 aromatic heterocycles. The van der Waals surface area contributed by atoms with Crippen LogP contribution in [0.1, 0.15) is 59.0 Å². The van der Waals surface area contributed by atoms with Gasteiger partial charge in [0.1, 0.15) is 5.82 Å². The number of carbonyl (C=O) groups excluding carboxylic acids is 4. The van der Waals surface area contributed by atoms with Gasteiger partial charge in [-0.2, -0.15) is 0 Å². The number of ether oxygens (including phenoxy) is 1. The number of hydrogen-bond acceptors (Lipinski definition) is 5. The van der Waals surface area contributed by atoms with E-state index in [1.165, 1.54) is 19.1 Å². The van der Waals surface area contributed by atoms with Crippen molar-refractivity contribution in [2.24, 2.45) is 0 Å². The molecule has 3 aromatic rings. The molecule has 7 nitrogen and oxygen atoms in total. The van der Waals surface area contributed by atoms with Crippen LogP contribution in [0.4, 0.5) is 4.39 Å². The van der Waals surface area contributed by atoms with Crippen LogP contribution < -0.4 is 5.32 Å². The molecule has 4 rings (SSSR count). The van der Waals surface area contributed by atoms with E-state index in [0.29, 0.717) is 22.1 Å². The minimum atomic E-state index is -1.03. The number of nitrogens with one attached hydrogen (secondary N) is 1. The molecule has 0 saturated carbocycles. The Bertz CT molecular complexity index is 1250. The van der Waals surface area contributed by atoms with Crippen LogP contribution in [-0.2, 0) is 14.3 Å². The summed E-state index contributed by atoms with van der Waals surface area (Å²) < 4.78 is 18.3. The summed E-state index contributed by atoms with van der Waals surface area (Å²) in [5, 5.41) is 4.20. The average Bonchev–Trinajstić information content (AvgIpc) is 2.84. The number of amides is 3. The molecule has 35 heavy (non-hydrogen) atoms. The first-order valence-electron chi connectivity index (χ1n) is 11.4. The quantitative estimate of drug-likeness (QED) is 0.389. The molecule has 8 heteroatoms. The first-order chi connectivity index (χ1) is 16.8. The predicted molar refractivity (Wildman–Crippen MR) is 127 cm³/mol. The lowest BCUT2D eigenvalue weighted by Gasteiger charge is -2.27. The molecule has 3 aromatic carbocycles. The Morgan fingerprint density at radius 3 is 2.14 bits per heavy atom. The van der Waals surface area contributed by atoms with Crippen LogP contribution in [0.2, 0.25) is 0 Å². The molecule has 1 aliphatic heterocycles. The third kappa shape index (κ3) is 5.06. The normalized spacial score (nSPS) is 14.5. The molecule has 2 atom stereocenters. The summed E-state index contributed by atoms with van der Waals surface area (Å²) in [6.07, 6.45) is -0.892. The van der Waals surface area contributed by atoms with Gasteiger partial charge in [0.15, 0.2) is 6.10 Å². The highest BCUT2D eigenvalue weighted by molar-refractivity contribution is 6.25. The second-order valence-electron chi connectivity index (χ2n) is 8.49. The number of rotatable bonds is 8. The van der Waals surface area contributed by atoms with Gasteiger partial charge in [-0.05, 0) is 55.5 Å². The van der Waals surface area contributed by atoms with E-state index in [-0.39, 0.29) is 25.2 Å². The molecule has 1 N–H and O–H groups in total. The lowest BCUT2D eigenvalue weighted by molar-refractivity contribution is -0.155. The molecule has 1 aliphatic rings. The zero-order valence-electron chi connectivity index (χ0n) is 19.4. The number of nitrogens with zero attached hydrogens (tertiary/aromatic N) is 1. The van der Waals surface area contributed by atoms with Crippen LogP contribution in [0.3, 0.4) is 0 Å². The van der Waals surface area contributed by atoms with Crippen molar-refractivity contribution in [3.05, 3.63) is 83.2 Å². The second kappa shape index (κ2) is 10.0. The maximum Gasteiger partial charge on any atom is 0.306 e. The fraction of sp³-hybridized carbons (Fsp3) is 0.259. The predicted octanol–water partition coefficient (Wildman–Crippen LogP) is 4.16. The van der Waals surface area contributed by atoms with E-state index in [9.17, 15) is 23.6 Å². The first kappa shape index (κ1) is 24.1. The van der Waals surface area contributed by atoms with Gasteiger partial charge >= 0.3 is 5.97 Å². The zero-order chi connectivity index (χ0) is 25.1.